The largest absolute Gasteiger partial charge is 0.357 e. The average Bonchev–Trinajstić information content (AvgIpc) is 2.31. The van der Waals surface area contributed by atoms with Gasteiger partial charge in [0.05, 0.1) is 0 Å². The molecule has 1 aromatic heterocycles. The van der Waals surface area contributed by atoms with E-state index in [9.17, 15) is 0 Å². The number of rotatable bonds is 3. The van der Waals surface area contributed by atoms with Crippen molar-refractivity contribution in [1.82, 2.24) is 10.2 Å². The van der Waals surface area contributed by atoms with Gasteiger partial charge in [-0.25, -0.2) is 0 Å². The Labute approximate surface area is 82.6 Å². The number of hydrogen-bond acceptors (Lipinski definition) is 4. The van der Waals surface area contributed by atoms with Crippen molar-refractivity contribution in [3.63, 3.8) is 0 Å². The Morgan fingerprint density at radius 3 is 2.69 bits per heavy atom. The minimum Gasteiger partial charge on any atom is -0.357 e. The van der Waals surface area contributed by atoms with Crippen LogP contribution in [0.25, 0.3) is 0 Å². The molecule has 0 spiro atoms. The van der Waals surface area contributed by atoms with Crippen molar-refractivity contribution in [3.05, 3.63) is 5.01 Å². The quantitative estimate of drug-likeness (QED) is 0.808. The van der Waals surface area contributed by atoms with Crippen molar-refractivity contribution in [3.8, 4) is 0 Å². The zero-order valence-corrected chi connectivity index (χ0v) is 8.90. The van der Waals surface area contributed by atoms with Crippen LogP contribution in [-0.4, -0.2) is 16.2 Å². The zero-order chi connectivity index (χ0) is 9.26. The Morgan fingerprint density at radius 2 is 2.23 bits per heavy atom. The second-order valence-corrected chi connectivity index (χ2v) is 4.93. The standard InChI is InChI=1S/C9H15N3S/c1-6(8-4-3-5-8)10-9-12-11-7(2)13-9/h6,8H,3-5H2,1-2H3,(H,10,12)/t6-/m0/s1. The van der Waals surface area contributed by atoms with Crippen molar-refractivity contribution >= 4 is 16.5 Å². The summed E-state index contributed by atoms with van der Waals surface area (Å²) in [5.41, 5.74) is 0. The normalized spacial score (nSPS) is 19.5. The summed E-state index contributed by atoms with van der Waals surface area (Å²) in [7, 11) is 0. The Bertz CT molecular complexity index is 280. The van der Waals surface area contributed by atoms with Gasteiger partial charge in [-0.05, 0) is 32.6 Å². The van der Waals surface area contributed by atoms with Gasteiger partial charge in [-0.2, -0.15) is 0 Å². The van der Waals surface area contributed by atoms with Crippen LogP contribution < -0.4 is 5.32 Å². The number of nitrogens with one attached hydrogen (secondary N) is 1. The zero-order valence-electron chi connectivity index (χ0n) is 8.08. The van der Waals surface area contributed by atoms with Crippen molar-refractivity contribution < 1.29 is 0 Å². The van der Waals surface area contributed by atoms with Crippen LogP contribution in [0.15, 0.2) is 0 Å². The lowest BCUT2D eigenvalue weighted by Gasteiger charge is -2.31. The first-order valence-corrected chi connectivity index (χ1v) is 5.64. The summed E-state index contributed by atoms with van der Waals surface area (Å²) in [6.07, 6.45) is 4.13. The van der Waals surface area contributed by atoms with E-state index in [4.69, 9.17) is 0 Å². The highest BCUT2D eigenvalue weighted by Gasteiger charge is 2.24. The van der Waals surface area contributed by atoms with E-state index in [2.05, 4.69) is 22.4 Å². The van der Waals surface area contributed by atoms with Gasteiger partial charge >= 0.3 is 0 Å². The number of aryl methyl sites for hydroxylation is 1. The Hall–Kier alpha value is -0.640. The topological polar surface area (TPSA) is 37.8 Å². The maximum atomic E-state index is 4.05. The third-order valence-corrected chi connectivity index (χ3v) is 3.50. The van der Waals surface area contributed by atoms with Crippen LogP contribution in [0.5, 0.6) is 0 Å². The van der Waals surface area contributed by atoms with E-state index in [1.807, 2.05) is 6.92 Å². The summed E-state index contributed by atoms with van der Waals surface area (Å²) < 4.78 is 0. The van der Waals surface area contributed by atoms with E-state index < -0.39 is 0 Å². The van der Waals surface area contributed by atoms with Crippen LogP contribution >= 0.6 is 11.3 Å². The maximum absolute atomic E-state index is 4.05. The second kappa shape index (κ2) is 3.62. The molecule has 0 radical (unpaired) electrons. The minimum atomic E-state index is 0.557. The molecule has 2 rings (SSSR count). The van der Waals surface area contributed by atoms with E-state index in [1.54, 1.807) is 11.3 Å². The molecule has 3 nitrogen and oxygen atoms in total. The number of hydrogen-bond donors (Lipinski definition) is 1. The number of anilines is 1. The van der Waals surface area contributed by atoms with Crippen LogP contribution in [0, 0.1) is 12.8 Å². The Kier molecular flexibility index (Phi) is 2.49. The second-order valence-electron chi connectivity index (χ2n) is 3.75. The predicted molar refractivity (Wildman–Crippen MR) is 55.1 cm³/mol. The van der Waals surface area contributed by atoms with Gasteiger partial charge in [0, 0.05) is 6.04 Å². The summed E-state index contributed by atoms with van der Waals surface area (Å²) in [5, 5.41) is 13.4. The minimum absolute atomic E-state index is 0.557. The Morgan fingerprint density at radius 1 is 1.46 bits per heavy atom. The first kappa shape index (κ1) is 8.94. The van der Waals surface area contributed by atoms with Gasteiger partial charge in [0.2, 0.25) is 5.13 Å². The van der Waals surface area contributed by atoms with Crippen molar-refractivity contribution in [2.45, 2.75) is 39.2 Å². The third-order valence-electron chi connectivity index (χ3n) is 2.73. The fourth-order valence-electron chi connectivity index (χ4n) is 1.61. The van der Waals surface area contributed by atoms with Crippen LogP contribution in [-0.2, 0) is 0 Å². The smallest absolute Gasteiger partial charge is 0.205 e. The van der Waals surface area contributed by atoms with E-state index >= 15 is 0 Å². The molecule has 0 aromatic carbocycles. The first-order valence-electron chi connectivity index (χ1n) is 4.82. The molecule has 1 aliphatic carbocycles. The highest BCUT2D eigenvalue weighted by Crippen LogP contribution is 2.31. The maximum Gasteiger partial charge on any atom is 0.205 e. The molecule has 72 valence electrons. The lowest BCUT2D eigenvalue weighted by molar-refractivity contribution is 0.285. The Balaban J connectivity index is 1.89. The lowest BCUT2D eigenvalue weighted by Crippen LogP contribution is -2.30. The van der Waals surface area contributed by atoms with Gasteiger partial charge in [-0.3, -0.25) is 0 Å². The van der Waals surface area contributed by atoms with Gasteiger partial charge in [-0.15, -0.1) is 10.2 Å². The van der Waals surface area contributed by atoms with Crippen LogP contribution in [0.3, 0.4) is 0 Å². The average molecular weight is 197 g/mol. The van der Waals surface area contributed by atoms with Gasteiger partial charge in [0.25, 0.3) is 0 Å². The number of nitrogens with zero attached hydrogens (tertiary/aromatic N) is 2. The summed E-state index contributed by atoms with van der Waals surface area (Å²) in [5.74, 6) is 0.851. The molecule has 0 unspecified atom stereocenters. The fourth-order valence-corrected chi connectivity index (χ4v) is 2.30. The van der Waals surface area contributed by atoms with Crippen LogP contribution in [0.4, 0.5) is 5.13 Å². The van der Waals surface area contributed by atoms with Crippen molar-refractivity contribution in [2.75, 3.05) is 5.32 Å². The lowest BCUT2D eigenvalue weighted by atomic mass is 9.80. The highest BCUT2D eigenvalue weighted by atomic mass is 32.1. The van der Waals surface area contributed by atoms with Gasteiger partial charge in [0.15, 0.2) is 0 Å². The van der Waals surface area contributed by atoms with E-state index in [-0.39, 0.29) is 0 Å². The van der Waals surface area contributed by atoms with Crippen LogP contribution in [0.1, 0.15) is 31.2 Å². The summed E-state index contributed by atoms with van der Waals surface area (Å²) in [4.78, 5) is 0. The van der Waals surface area contributed by atoms with E-state index in [0.29, 0.717) is 6.04 Å². The molecule has 1 saturated carbocycles. The molecule has 0 amide bonds. The molecule has 1 aliphatic rings. The highest BCUT2D eigenvalue weighted by molar-refractivity contribution is 7.15. The monoisotopic (exact) mass is 197 g/mol. The molecule has 1 N–H and O–H groups in total. The third kappa shape index (κ3) is 1.99. The molecule has 0 bridgehead atoms. The molecule has 0 saturated heterocycles. The summed E-state index contributed by atoms with van der Waals surface area (Å²) in [6, 6.07) is 0.557. The molecule has 4 heteroatoms. The van der Waals surface area contributed by atoms with Gasteiger partial charge in [0.1, 0.15) is 5.01 Å². The molecule has 13 heavy (non-hydrogen) atoms. The van der Waals surface area contributed by atoms with Gasteiger partial charge in [-0.1, -0.05) is 17.8 Å². The summed E-state index contributed by atoms with van der Waals surface area (Å²) >= 11 is 1.63. The van der Waals surface area contributed by atoms with E-state index in [0.717, 1.165) is 16.1 Å². The molecular weight excluding hydrogens is 182 g/mol. The van der Waals surface area contributed by atoms with Crippen molar-refractivity contribution in [2.24, 2.45) is 5.92 Å². The SMILES string of the molecule is Cc1nnc(N[C@@H](C)C2CCC2)s1. The van der Waals surface area contributed by atoms with Gasteiger partial charge < -0.3 is 5.32 Å². The first-order chi connectivity index (χ1) is 6.25. The predicted octanol–water partition coefficient (Wildman–Crippen LogP) is 2.45. The number of aromatic nitrogens is 2. The molecule has 1 atom stereocenters. The van der Waals surface area contributed by atoms with Crippen molar-refractivity contribution in [1.29, 1.82) is 0 Å². The molecule has 1 fully saturated rings. The summed E-state index contributed by atoms with van der Waals surface area (Å²) in [6.45, 7) is 4.22. The molecule has 1 heterocycles. The molecule has 0 aliphatic heterocycles. The van der Waals surface area contributed by atoms with E-state index in [1.165, 1.54) is 19.3 Å². The molecular formula is C9H15N3S. The fraction of sp³-hybridized carbons (Fsp3) is 0.778. The van der Waals surface area contributed by atoms with Crippen LogP contribution in [0.2, 0.25) is 0 Å². The molecule has 1 aromatic rings.